The normalized spacial score (nSPS) is 9.90. The zero-order valence-electron chi connectivity index (χ0n) is 32.4. The van der Waals surface area contributed by atoms with Crippen LogP contribution in [0.15, 0.2) is 97.6 Å². The van der Waals surface area contributed by atoms with Gasteiger partial charge in [0, 0.05) is 62.9 Å². The first kappa shape index (κ1) is 65.7. The van der Waals surface area contributed by atoms with Gasteiger partial charge in [-0.05, 0) is 88.3 Å². The summed E-state index contributed by atoms with van der Waals surface area (Å²) in [6.07, 6.45) is 12.2. The number of nitrogens with zero attached hydrogens (tertiary/aromatic N) is 6. The minimum atomic E-state index is -6.00. The number of unbranched alkanes of at least 4 members (excludes halogenated alkanes) is 3. The Balaban J connectivity index is -0.000000351. The molecule has 0 bridgehead atoms. The van der Waals surface area contributed by atoms with Crippen LogP contribution in [0.3, 0.4) is 0 Å². The Kier molecular flexibility index (Phi) is 44.9. The molecule has 60 heavy (non-hydrogen) atoms. The van der Waals surface area contributed by atoms with Gasteiger partial charge in [0.25, 0.3) is 0 Å². The smallest absolute Gasteiger partial charge is 0.550 e. The van der Waals surface area contributed by atoms with Gasteiger partial charge in [0.15, 0.2) is 0 Å². The third kappa shape index (κ3) is 54.6. The molecule has 4 aromatic heterocycles. The van der Waals surface area contributed by atoms with Crippen molar-refractivity contribution in [1.82, 2.24) is 29.7 Å². The quantitative estimate of drug-likeness (QED) is 0.0576. The Morgan fingerprint density at radius 3 is 0.850 bits per heavy atom. The van der Waals surface area contributed by atoms with E-state index in [1.54, 1.807) is 0 Å². The Morgan fingerprint density at radius 2 is 0.700 bits per heavy atom. The van der Waals surface area contributed by atoms with Crippen LogP contribution in [0.5, 0.6) is 0 Å². The van der Waals surface area contributed by atoms with Gasteiger partial charge < -0.3 is 59.8 Å². The summed E-state index contributed by atoms with van der Waals surface area (Å²) in [5.41, 5.74) is 4.42. The van der Waals surface area contributed by atoms with Crippen LogP contribution < -0.4 is 10.2 Å². The molecule has 2 N–H and O–H groups in total. The fourth-order valence-electron chi connectivity index (χ4n) is 4.34. The first-order valence-electron chi connectivity index (χ1n) is 17.0. The molecule has 0 atom stereocenters. The van der Waals surface area contributed by atoms with E-state index in [0.29, 0.717) is 0 Å². The van der Waals surface area contributed by atoms with Crippen molar-refractivity contribution < 1.29 is 93.9 Å². The molecule has 0 amide bonds. The summed E-state index contributed by atoms with van der Waals surface area (Å²) >= 11 is 9.53. The monoisotopic (exact) mass is 1000 g/mol. The van der Waals surface area contributed by atoms with Crippen molar-refractivity contribution in [1.29, 1.82) is 0 Å². The number of pyridine rings is 4. The topological polar surface area (TPSA) is 170 Å². The van der Waals surface area contributed by atoms with Crippen molar-refractivity contribution in [2.45, 2.75) is 65.7 Å². The van der Waals surface area contributed by atoms with E-state index in [-0.39, 0.29) is 45.0 Å². The van der Waals surface area contributed by atoms with E-state index in [4.69, 9.17) is 43.0 Å². The average molecular weight is 1000 g/mol. The molecule has 344 valence electrons. The third-order valence-electron chi connectivity index (χ3n) is 6.15. The number of hydrogen-bond acceptors (Lipinski definition) is 10. The van der Waals surface area contributed by atoms with Crippen LogP contribution in [-0.2, 0) is 69.9 Å². The minimum Gasteiger partial charge on any atom is -0.550 e. The van der Waals surface area contributed by atoms with Gasteiger partial charge in [-0.1, -0.05) is 37.1 Å². The maximum absolute atomic E-state index is 9.75. The maximum Gasteiger partial charge on any atom is 2.00 e. The summed E-state index contributed by atoms with van der Waals surface area (Å²) in [4.78, 5) is 40.8. The van der Waals surface area contributed by atoms with Gasteiger partial charge >= 0.3 is 48.6 Å². The number of hydrogen-bond donors (Lipinski definition) is 0. The summed E-state index contributed by atoms with van der Waals surface area (Å²) in [5, 5.41) is 18.0. The second kappa shape index (κ2) is 41.0. The predicted octanol–water partition coefficient (Wildman–Crippen LogP) is 6.24. The van der Waals surface area contributed by atoms with Crippen LogP contribution in [0.4, 0.5) is 34.5 Å². The number of rotatable bonds is 15. The van der Waals surface area contributed by atoms with Crippen molar-refractivity contribution in [3.63, 3.8) is 0 Å². The van der Waals surface area contributed by atoms with Crippen LogP contribution in [0, 0.1) is 0 Å². The van der Waals surface area contributed by atoms with Crippen molar-refractivity contribution in [3.05, 3.63) is 120 Å². The number of aromatic nitrogens is 4. The summed E-state index contributed by atoms with van der Waals surface area (Å²) < 4.78 is 78.0. The Morgan fingerprint density at radius 1 is 0.517 bits per heavy atom. The molecule has 4 aromatic rings. The van der Waals surface area contributed by atoms with Gasteiger partial charge in [-0.25, -0.2) is 0 Å². The Hall–Kier alpha value is -3.39. The van der Waals surface area contributed by atoms with E-state index in [1.165, 1.54) is 25.7 Å². The fraction of sp³-hybridized carbons (Fsp3) is 0.371. The van der Waals surface area contributed by atoms with E-state index in [2.05, 4.69) is 78.3 Å². The van der Waals surface area contributed by atoms with Crippen LogP contribution in [0.25, 0.3) is 0 Å². The summed E-state index contributed by atoms with van der Waals surface area (Å²) in [6, 6.07) is 24.5. The number of carbonyl (C=O) groups is 2. The molecule has 0 aromatic carbocycles. The molecule has 0 fully saturated rings. The third-order valence-corrected chi connectivity index (χ3v) is 6.15. The zero-order valence-corrected chi connectivity index (χ0v) is 35.8. The minimum absolute atomic E-state index is 0. The van der Waals surface area contributed by atoms with Gasteiger partial charge in [-0.15, -0.1) is 23.2 Å². The van der Waals surface area contributed by atoms with Crippen LogP contribution >= 0.6 is 23.2 Å². The van der Waals surface area contributed by atoms with E-state index < -0.39 is 26.4 Å². The SMILES string of the molecule is CC(=O)[O-].CC(=O)[O-].ClCCl.F[B-](F)(F)F.F[B-](F)(F)F.O.[Cu+2].[Cu+2].c1ccc(CN(CCCCCCN(Cc2ccccn2)Cc2ccccn2)Cc2ccccn2)nc1. The fourth-order valence-corrected chi connectivity index (χ4v) is 4.34. The molecule has 11 nitrogen and oxygen atoms in total. The molecular formula is C35H46B2Cl2Cu2F8N6O5. The second-order valence-corrected chi connectivity index (χ2v) is 12.0. The van der Waals surface area contributed by atoms with Crippen LogP contribution in [0.1, 0.15) is 62.3 Å². The van der Waals surface area contributed by atoms with E-state index in [1.807, 2.05) is 49.1 Å². The van der Waals surface area contributed by atoms with Gasteiger partial charge in [0.05, 0.1) is 28.1 Å². The van der Waals surface area contributed by atoms with Gasteiger partial charge in [0.1, 0.15) is 0 Å². The molecular weight excluding hydrogens is 956 g/mol. The number of carbonyl (C=O) groups excluding carboxylic acids is 2. The molecule has 0 aliphatic rings. The zero-order chi connectivity index (χ0) is 43.5. The van der Waals surface area contributed by atoms with Crippen molar-refractivity contribution in [3.8, 4) is 0 Å². The Bertz CT molecular complexity index is 1350. The predicted molar refractivity (Wildman–Crippen MR) is 206 cm³/mol. The molecule has 25 heteroatoms. The molecule has 2 radical (unpaired) electrons. The molecule has 4 rings (SSSR count). The van der Waals surface area contributed by atoms with Crippen molar-refractivity contribution in [2.75, 3.05) is 18.4 Å². The molecule has 0 saturated carbocycles. The average Bonchev–Trinajstić information content (AvgIpc) is 3.10. The maximum atomic E-state index is 9.75. The first-order chi connectivity index (χ1) is 26.7. The van der Waals surface area contributed by atoms with Gasteiger partial charge in [0.2, 0.25) is 0 Å². The number of aliphatic carboxylic acids is 2. The molecule has 0 spiro atoms. The largest absolute Gasteiger partial charge is 2.00 e. The molecule has 0 aliphatic carbocycles. The number of carboxylic acid groups (broad SMARTS) is 2. The van der Waals surface area contributed by atoms with Crippen LogP contribution in [-0.4, -0.2) is 80.1 Å². The number of halogens is 10. The van der Waals surface area contributed by atoms with Crippen molar-refractivity contribution >= 4 is 49.6 Å². The second-order valence-electron chi connectivity index (χ2n) is 11.2. The van der Waals surface area contributed by atoms with E-state index >= 15 is 0 Å². The van der Waals surface area contributed by atoms with E-state index in [0.717, 1.165) is 75.9 Å². The standard InChI is InChI=1S/C30H36N6.2C2H4O2.CH2Cl2.2BF4.2Cu.H2O/c1(11-21-35(23-27-13-3-7-17-31-27)24-28-14-4-8-18-32-28)2-12-22-36(25-29-15-5-9-19-33-29)26-30-16-6-10-20-34-30;2*1-2(3)4;2-1-3;2*2-1(3,4)5;;;/h3-10,13-20H,1-2,11-12,21-26H2;2*1H3,(H,3,4);1H2;;;;;1H2/q;;;;2*-1;2*+2;/p-2. The summed E-state index contributed by atoms with van der Waals surface area (Å²) in [6.45, 7) is 7.41. The van der Waals surface area contributed by atoms with Gasteiger partial charge in [-0.3, -0.25) is 29.7 Å². The summed E-state index contributed by atoms with van der Waals surface area (Å²) in [5.74, 6) is -2.17. The number of carboxylic acids is 2. The van der Waals surface area contributed by atoms with Crippen LogP contribution in [0.2, 0.25) is 0 Å². The van der Waals surface area contributed by atoms with E-state index in [9.17, 15) is 34.5 Å². The number of alkyl halides is 2. The molecule has 0 unspecified atom stereocenters. The molecule has 0 aliphatic heterocycles. The van der Waals surface area contributed by atoms with Crippen molar-refractivity contribution in [2.24, 2.45) is 0 Å². The molecule has 4 heterocycles. The Labute approximate surface area is 376 Å². The first-order valence-corrected chi connectivity index (χ1v) is 18.1. The summed E-state index contributed by atoms with van der Waals surface area (Å²) in [7, 11) is -12.0. The molecule has 0 saturated heterocycles. The van der Waals surface area contributed by atoms with Gasteiger partial charge in [-0.2, -0.15) is 0 Å².